The summed E-state index contributed by atoms with van der Waals surface area (Å²) in [6.07, 6.45) is 6.12. The van der Waals surface area contributed by atoms with Gasteiger partial charge in [0.15, 0.2) is 0 Å². The predicted molar refractivity (Wildman–Crippen MR) is 69.6 cm³/mol. The fourth-order valence-corrected chi connectivity index (χ4v) is 3.25. The Morgan fingerprint density at radius 2 is 1.78 bits per heavy atom. The first-order valence-corrected chi connectivity index (χ1v) is 7.17. The topological polar surface area (TPSA) is 49.8 Å². The molecule has 2 aliphatic rings. The molecule has 1 heterocycles. The first-order chi connectivity index (χ1) is 8.66. The lowest BCUT2D eigenvalue weighted by Gasteiger charge is -2.36. The molecule has 1 saturated heterocycles. The minimum absolute atomic E-state index is 0.0993. The molecule has 1 N–H and O–H groups in total. The van der Waals surface area contributed by atoms with Gasteiger partial charge >= 0.3 is 5.97 Å². The standard InChI is InChI=1S/C14H25NO3/c1-15(10-11-6-8-18-9-7-11)13-4-2-12(3-5-13)14(16)17/h11-13H,2-10H2,1H3,(H,16,17). The Hall–Kier alpha value is -0.610. The van der Waals surface area contributed by atoms with Gasteiger partial charge in [-0.15, -0.1) is 0 Å². The molecule has 4 heteroatoms. The third kappa shape index (κ3) is 3.69. The lowest BCUT2D eigenvalue weighted by atomic mass is 9.85. The summed E-state index contributed by atoms with van der Waals surface area (Å²) in [5, 5.41) is 9.00. The van der Waals surface area contributed by atoms with Crippen molar-refractivity contribution in [2.45, 2.75) is 44.6 Å². The first kappa shape index (κ1) is 13.8. The molecular weight excluding hydrogens is 230 g/mol. The van der Waals surface area contributed by atoms with Crippen LogP contribution in [0.2, 0.25) is 0 Å². The number of carbonyl (C=O) groups is 1. The van der Waals surface area contributed by atoms with Crippen LogP contribution in [0.1, 0.15) is 38.5 Å². The van der Waals surface area contributed by atoms with E-state index in [-0.39, 0.29) is 5.92 Å². The quantitative estimate of drug-likeness (QED) is 0.834. The third-order valence-corrected chi connectivity index (χ3v) is 4.56. The van der Waals surface area contributed by atoms with Gasteiger partial charge in [0, 0.05) is 25.8 Å². The summed E-state index contributed by atoms with van der Waals surface area (Å²) >= 11 is 0. The zero-order valence-corrected chi connectivity index (χ0v) is 11.3. The van der Waals surface area contributed by atoms with Crippen LogP contribution in [-0.4, -0.2) is 48.8 Å². The van der Waals surface area contributed by atoms with E-state index in [1.54, 1.807) is 0 Å². The van der Waals surface area contributed by atoms with Crippen molar-refractivity contribution in [1.29, 1.82) is 0 Å². The van der Waals surface area contributed by atoms with Crippen LogP contribution in [0.3, 0.4) is 0 Å². The summed E-state index contributed by atoms with van der Waals surface area (Å²) in [7, 11) is 2.20. The molecule has 0 aromatic rings. The monoisotopic (exact) mass is 255 g/mol. The lowest BCUT2D eigenvalue weighted by Crippen LogP contribution is -2.40. The fourth-order valence-electron chi connectivity index (χ4n) is 3.25. The SMILES string of the molecule is CN(CC1CCOCC1)C1CCC(C(=O)O)CC1. The first-order valence-electron chi connectivity index (χ1n) is 7.17. The van der Waals surface area contributed by atoms with Crippen molar-refractivity contribution >= 4 is 5.97 Å². The molecule has 2 fully saturated rings. The molecule has 104 valence electrons. The zero-order chi connectivity index (χ0) is 13.0. The maximum absolute atomic E-state index is 10.9. The average molecular weight is 255 g/mol. The van der Waals surface area contributed by atoms with Gasteiger partial charge in [0.05, 0.1) is 5.92 Å². The van der Waals surface area contributed by atoms with E-state index in [0.29, 0.717) is 6.04 Å². The highest BCUT2D eigenvalue weighted by Gasteiger charge is 2.28. The van der Waals surface area contributed by atoms with E-state index in [2.05, 4.69) is 11.9 Å². The van der Waals surface area contributed by atoms with Crippen LogP contribution in [0.5, 0.6) is 0 Å². The van der Waals surface area contributed by atoms with Crippen molar-refractivity contribution in [2.75, 3.05) is 26.8 Å². The Morgan fingerprint density at radius 1 is 1.17 bits per heavy atom. The molecule has 18 heavy (non-hydrogen) atoms. The van der Waals surface area contributed by atoms with E-state index in [4.69, 9.17) is 9.84 Å². The zero-order valence-electron chi connectivity index (χ0n) is 11.3. The molecule has 1 saturated carbocycles. The molecule has 2 rings (SSSR count). The van der Waals surface area contributed by atoms with Gasteiger partial charge in [-0.1, -0.05) is 0 Å². The van der Waals surface area contributed by atoms with Gasteiger partial charge in [-0.25, -0.2) is 0 Å². The minimum atomic E-state index is -0.611. The second kappa shape index (κ2) is 6.53. The Balaban J connectivity index is 1.73. The Labute approximate surface area is 109 Å². The van der Waals surface area contributed by atoms with Crippen LogP contribution in [0, 0.1) is 11.8 Å². The highest BCUT2D eigenvalue weighted by Crippen LogP contribution is 2.28. The van der Waals surface area contributed by atoms with Crippen molar-refractivity contribution in [1.82, 2.24) is 4.90 Å². The van der Waals surface area contributed by atoms with Gasteiger partial charge in [-0.05, 0) is 51.5 Å². The van der Waals surface area contributed by atoms with E-state index in [9.17, 15) is 4.79 Å². The van der Waals surface area contributed by atoms with Gasteiger partial charge in [0.1, 0.15) is 0 Å². The molecule has 0 bridgehead atoms. The van der Waals surface area contributed by atoms with Gasteiger partial charge in [-0.2, -0.15) is 0 Å². The van der Waals surface area contributed by atoms with Gasteiger partial charge < -0.3 is 14.7 Å². The van der Waals surface area contributed by atoms with Crippen molar-refractivity contribution in [2.24, 2.45) is 11.8 Å². The largest absolute Gasteiger partial charge is 0.481 e. The van der Waals surface area contributed by atoms with Crippen LogP contribution in [-0.2, 0) is 9.53 Å². The molecule has 0 amide bonds. The molecule has 0 radical (unpaired) electrons. The van der Waals surface area contributed by atoms with Crippen molar-refractivity contribution in [3.05, 3.63) is 0 Å². The smallest absolute Gasteiger partial charge is 0.306 e. The summed E-state index contributed by atoms with van der Waals surface area (Å²) in [6, 6.07) is 0.587. The van der Waals surface area contributed by atoms with Crippen LogP contribution in [0.4, 0.5) is 0 Å². The number of ether oxygens (including phenoxy) is 1. The second-order valence-corrected chi connectivity index (χ2v) is 5.84. The molecule has 0 atom stereocenters. The predicted octanol–water partition coefficient (Wildman–Crippen LogP) is 1.99. The van der Waals surface area contributed by atoms with Crippen LogP contribution in [0.25, 0.3) is 0 Å². The van der Waals surface area contributed by atoms with Crippen molar-refractivity contribution in [3.63, 3.8) is 0 Å². The maximum Gasteiger partial charge on any atom is 0.306 e. The molecule has 0 spiro atoms. The van der Waals surface area contributed by atoms with E-state index in [1.807, 2.05) is 0 Å². The molecule has 1 aliphatic heterocycles. The second-order valence-electron chi connectivity index (χ2n) is 5.84. The van der Waals surface area contributed by atoms with Gasteiger partial charge in [-0.3, -0.25) is 4.79 Å². The molecule has 0 aromatic heterocycles. The van der Waals surface area contributed by atoms with Crippen LogP contribution < -0.4 is 0 Å². The highest BCUT2D eigenvalue weighted by molar-refractivity contribution is 5.70. The normalized spacial score (nSPS) is 30.6. The third-order valence-electron chi connectivity index (χ3n) is 4.56. The van der Waals surface area contributed by atoms with E-state index in [0.717, 1.165) is 51.4 Å². The number of hydrogen-bond donors (Lipinski definition) is 1. The molecule has 1 aliphatic carbocycles. The number of carboxylic acid groups (broad SMARTS) is 1. The number of aliphatic carboxylic acids is 1. The summed E-state index contributed by atoms with van der Waals surface area (Å²) < 4.78 is 5.38. The lowest BCUT2D eigenvalue weighted by molar-refractivity contribution is -0.143. The Morgan fingerprint density at radius 3 is 2.33 bits per heavy atom. The number of carboxylic acids is 1. The number of hydrogen-bond acceptors (Lipinski definition) is 3. The molecule has 4 nitrogen and oxygen atoms in total. The van der Waals surface area contributed by atoms with E-state index >= 15 is 0 Å². The van der Waals surface area contributed by atoms with Gasteiger partial charge in [0.25, 0.3) is 0 Å². The summed E-state index contributed by atoms with van der Waals surface area (Å²) in [6.45, 7) is 2.96. The minimum Gasteiger partial charge on any atom is -0.481 e. The van der Waals surface area contributed by atoms with Crippen molar-refractivity contribution < 1.29 is 14.6 Å². The molecule has 0 unspecified atom stereocenters. The summed E-state index contributed by atoms with van der Waals surface area (Å²) in [4.78, 5) is 13.4. The van der Waals surface area contributed by atoms with E-state index in [1.165, 1.54) is 12.8 Å². The Bertz CT molecular complexity index is 268. The molecule has 0 aromatic carbocycles. The maximum atomic E-state index is 10.9. The summed E-state index contributed by atoms with van der Waals surface area (Å²) in [5.74, 6) is 0.0548. The van der Waals surface area contributed by atoms with E-state index < -0.39 is 5.97 Å². The number of nitrogens with zero attached hydrogens (tertiary/aromatic N) is 1. The average Bonchev–Trinajstić information content (AvgIpc) is 2.40. The van der Waals surface area contributed by atoms with Crippen LogP contribution >= 0.6 is 0 Å². The summed E-state index contributed by atoms with van der Waals surface area (Å²) in [5.41, 5.74) is 0. The van der Waals surface area contributed by atoms with Gasteiger partial charge in [0.2, 0.25) is 0 Å². The van der Waals surface area contributed by atoms with Crippen LogP contribution in [0.15, 0.2) is 0 Å². The Kier molecular flexibility index (Phi) is 5.01. The highest BCUT2D eigenvalue weighted by atomic mass is 16.5. The fraction of sp³-hybridized carbons (Fsp3) is 0.929. The number of rotatable bonds is 4. The van der Waals surface area contributed by atoms with Crippen molar-refractivity contribution in [3.8, 4) is 0 Å². The molecular formula is C14H25NO3.